The van der Waals surface area contributed by atoms with E-state index in [4.69, 9.17) is 5.73 Å². The van der Waals surface area contributed by atoms with Crippen LogP contribution in [0.2, 0.25) is 0 Å². The van der Waals surface area contributed by atoms with Gasteiger partial charge in [0.05, 0.1) is 16.7 Å². The van der Waals surface area contributed by atoms with Crippen LogP contribution in [0.25, 0.3) is 16.7 Å². The molecule has 0 aliphatic carbocycles. The van der Waals surface area contributed by atoms with Crippen LogP contribution in [0.4, 0.5) is 5.95 Å². The highest BCUT2D eigenvalue weighted by Crippen LogP contribution is 2.30. The smallest absolute Gasteiger partial charge is 0.205 e. The van der Waals surface area contributed by atoms with Gasteiger partial charge in [0.15, 0.2) is 0 Å². The second-order valence-corrected chi connectivity index (χ2v) is 5.66. The Balaban J connectivity index is 2.37. The normalized spacial score (nSPS) is 11.0. The van der Waals surface area contributed by atoms with E-state index in [9.17, 15) is 0 Å². The van der Waals surface area contributed by atoms with Crippen molar-refractivity contribution in [2.45, 2.75) is 0 Å². The Hall–Kier alpha value is -1.33. The van der Waals surface area contributed by atoms with Crippen molar-refractivity contribution >= 4 is 48.8 Å². The first kappa shape index (κ1) is 11.7. The lowest BCUT2D eigenvalue weighted by Gasteiger charge is -2.09. The molecule has 0 radical (unpaired) electrons. The predicted molar refractivity (Wildman–Crippen MR) is 80.9 cm³/mol. The number of anilines is 1. The van der Waals surface area contributed by atoms with Gasteiger partial charge >= 0.3 is 0 Å². The number of aromatic nitrogens is 2. The molecule has 1 heterocycles. The van der Waals surface area contributed by atoms with Gasteiger partial charge in [0.25, 0.3) is 0 Å². The van der Waals surface area contributed by atoms with E-state index in [1.165, 1.54) is 0 Å². The molecule has 5 heteroatoms. The van der Waals surface area contributed by atoms with Crippen molar-refractivity contribution in [2.24, 2.45) is 0 Å². The highest BCUT2D eigenvalue weighted by atomic mass is 79.9. The third-order valence-corrected chi connectivity index (χ3v) is 3.90. The Morgan fingerprint density at radius 3 is 2.67 bits per heavy atom. The molecule has 90 valence electrons. The number of nitrogens with zero attached hydrogens (tertiary/aromatic N) is 2. The number of nitrogen functional groups attached to an aromatic ring is 1. The molecular weight excluding hydrogens is 358 g/mol. The minimum atomic E-state index is 0.481. The Morgan fingerprint density at radius 1 is 1.06 bits per heavy atom. The van der Waals surface area contributed by atoms with E-state index in [1.54, 1.807) is 0 Å². The number of hydrogen-bond acceptors (Lipinski definition) is 2. The summed E-state index contributed by atoms with van der Waals surface area (Å²) >= 11 is 7.02. The maximum absolute atomic E-state index is 6.02. The van der Waals surface area contributed by atoms with Crippen LogP contribution in [0, 0.1) is 0 Å². The molecule has 1 aromatic heterocycles. The van der Waals surface area contributed by atoms with Gasteiger partial charge in [-0.05, 0) is 46.3 Å². The molecule has 0 fully saturated rings. The summed E-state index contributed by atoms with van der Waals surface area (Å²) in [6.45, 7) is 0. The van der Waals surface area contributed by atoms with Gasteiger partial charge in [0.1, 0.15) is 0 Å². The third kappa shape index (κ3) is 1.83. The number of nitrogens with two attached hydrogens (primary N) is 1. The van der Waals surface area contributed by atoms with Gasteiger partial charge in [0.2, 0.25) is 5.95 Å². The molecule has 3 rings (SSSR count). The van der Waals surface area contributed by atoms with E-state index in [1.807, 2.05) is 47.0 Å². The number of fused-ring (bicyclic) bond motifs is 1. The van der Waals surface area contributed by atoms with Crippen LogP contribution in [0.15, 0.2) is 51.4 Å². The van der Waals surface area contributed by atoms with Crippen molar-refractivity contribution in [2.75, 3.05) is 5.73 Å². The third-order valence-electron chi connectivity index (χ3n) is 2.74. The minimum absolute atomic E-state index is 0.481. The number of imidazole rings is 1. The molecule has 0 aliphatic heterocycles. The molecule has 0 saturated carbocycles. The van der Waals surface area contributed by atoms with Crippen LogP contribution in [0.5, 0.6) is 0 Å². The fraction of sp³-hybridized carbons (Fsp3) is 0. The van der Waals surface area contributed by atoms with Crippen LogP contribution in [0.1, 0.15) is 0 Å². The zero-order valence-corrected chi connectivity index (χ0v) is 12.4. The molecule has 0 amide bonds. The molecule has 0 atom stereocenters. The van der Waals surface area contributed by atoms with E-state index in [0.29, 0.717) is 5.95 Å². The maximum Gasteiger partial charge on any atom is 0.205 e. The van der Waals surface area contributed by atoms with Gasteiger partial charge in [-0.1, -0.05) is 28.1 Å². The summed E-state index contributed by atoms with van der Waals surface area (Å²) in [4.78, 5) is 4.36. The molecular formula is C13H9Br2N3. The van der Waals surface area contributed by atoms with Crippen LogP contribution >= 0.6 is 31.9 Å². The quantitative estimate of drug-likeness (QED) is 0.703. The van der Waals surface area contributed by atoms with Crippen molar-refractivity contribution in [1.29, 1.82) is 0 Å². The molecule has 0 unspecified atom stereocenters. The molecule has 0 saturated heterocycles. The maximum atomic E-state index is 6.02. The first-order valence-electron chi connectivity index (χ1n) is 5.35. The number of rotatable bonds is 1. The standard InChI is InChI=1S/C13H9Br2N3/c14-8-5-6-9(15)12(7-8)18-11-4-2-1-3-10(11)17-13(18)16/h1-7H,(H2,16,17). The lowest BCUT2D eigenvalue weighted by molar-refractivity contribution is 1.10. The first-order valence-corrected chi connectivity index (χ1v) is 6.94. The molecule has 0 aliphatic rings. The number of hydrogen-bond donors (Lipinski definition) is 1. The van der Waals surface area contributed by atoms with Crippen molar-refractivity contribution in [3.8, 4) is 5.69 Å². The Kier molecular flexibility index (Phi) is 2.87. The fourth-order valence-electron chi connectivity index (χ4n) is 1.95. The van der Waals surface area contributed by atoms with E-state index < -0.39 is 0 Å². The van der Waals surface area contributed by atoms with Crippen molar-refractivity contribution in [1.82, 2.24) is 9.55 Å². The number of halogens is 2. The monoisotopic (exact) mass is 365 g/mol. The van der Waals surface area contributed by atoms with Gasteiger partial charge in [0, 0.05) is 8.95 Å². The molecule has 18 heavy (non-hydrogen) atoms. The summed E-state index contributed by atoms with van der Waals surface area (Å²) in [5, 5.41) is 0. The van der Waals surface area contributed by atoms with Gasteiger partial charge in [-0.3, -0.25) is 4.57 Å². The lowest BCUT2D eigenvalue weighted by Crippen LogP contribution is -2.01. The van der Waals surface area contributed by atoms with Gasteiger partial charge in [-0.25, -0.2) is 4.98 Å². The van der Waals surface area contributed by atoms with E-state index in [-0.39, 0.29) is 0 Å². The van der Waals surface area contributed by atoms with Gasteiger partial charge in [-0.2, -0.15) is 0 Å². The summed E-state index contributed by atoms with van der Waals surface area (Å²) in [7, 11) is 0. The Morgan fingerprint density at radius 2 is 1.83 bits per heavy atom. The summed E-state index contributed by atoms with van der Waals surface area (Å²) in [5.74, 6) is 0.481. The average Bonchev–Trinajstić information content (AvgIpc) is 2.68. The minimum Gasteiger partial charge on any atom is -0.369 e. The van der Waals surface area contributed by atoms with E-state index in [2.05, 4.69) is 36.8 Å². The second kappa shape index (κ2) is 4.40. The topological polar surface area (TPSA) is 43.8 Å². The molecule has 3 nitrogen and oxygen atoms in total. The molecule has 2 N–H and O–H groups in total. The predicted octanol–water partition coefficient (Wildman–Crippen LogP) is 4.13. The van der Waals surface area contributed by atoms with E-state index in [0.717, 1.165) is 25.7 Å². The number of para-hydroxylation sites is 2. The molecule has 2 aromatic carbocycles. The van der Waals surface area contributed by atoms with Crippen molar-refractivity contribution < 1.29 is 0 Å². The van der Waals surface area contributed by atoms with E-state index >= 15 is 0 Å². The fourth-order valence-corrected chi connectivity index (χ4v) is 2.73. The van der Waals surface area contributed by atoms with Crippen LogP contribution in [-0.2, 0) is 0 Å². The van der Waals surface area contributed by atoms with Crippen molar-refractivity contribution in [3.63, 3.8) is 0 Å². The largest absolute Gasteiger partial charge is 0.369 e. The first-order chi connectivity index (χ1) is 8.66. The molecule has 0 bridgehead atoms. The molecule has 3 aromatic rings. The molecule has 0 spiro atoms. The Bertz CT molecular complexity index is 734. The highest BCUT2D eigenvalue weighted by Gasteiger charge is 2.12. The summed E-state index contributed by atoms with van der Waals surface area (Å²) in [6, 6.07) is 13.9. The summed E-state index contributed by atoms with van der Waals surface area (Å²) < 4.78 is 3.91. The van der Waals surface area contributed by atoms with Crippen LogP contribution < -0.4 is 5.73 Å². The van der Waals surface area contributed by atoms with Crippen LogP contribution in [0.3, 0.4) is 0 Å². The second-order valence-electron chi connectivity index (χ2n) is 3.89. The lowest BCUT2D eigenvalue weighted by atomic mass is 10.3. The summed E-state index contributed by atoms with van der Waals surface area (Å²) in [6.07, 6.45) is 0. The SMILES string of the molecule is Nc1nc2ccccc2n1-c1cc(Br)ccc1Br. The van der Waals surface area contributed by atoms with Gasteiger partial charge in [-0.15, -0.1) is 0 Å². The number of benzene rings is 2. The average molecular weight is 367 g/mol. The van der Waals surface area contributed by atoms with Gasteiger partial charge < -0.3 is 5.73 Å². The summed E-state index contributed by atoms with van der Waals surface area (Å²) in [5.41, 5.74) is 8.87. The highest BCUT2D eigenvalue weighted by molar-refractivity contribution is 9.11. The van der Waals surface area contributed by atoms with Crippen molar-refractivity contribution in [3.05, 3.63) is 51.4 Å². The Labute approximate surface area is 121 Å². The van der Waals surface area contributed by atoms with Crippen LogP contribution in [-0.4, -0.2) is 9.55 Å². The zero-order valence-electron chi connectivity index (χ0n) is 9.27. The zero-order chi connectivity index (χ0) is 12.7.